The van der Waals surface area contributed by atoms with E-state index in [1.165, 1.54) is 29.5 Å². The van der Waals surface area contributed by atoms with Crippen LogP contribution in [0, 0.1) is 12.7 Å². The summed E-state index contributed by atoms with van der Waals surface area (Å²) in [5.41, 5.74) is -0.0953. The number of urea groups is 1. The molecule has 0 unspecified atom stereocenters. The first kappa shape index (κ1) is 20.2. The maximum absolute atomic E-state index is 13.4. The minimum atomic E-state index is -0.954. The number of nitrogens with one attached hydrogen (secondary N) is 2. The van der Waals surface area contributed by atoms with Gasteiger partial charge in [-0.05, 0) is 31.2 Å². The Labute approximate surface area is 158 Å². The fraction of sp³-hybridized carbons (Fsp3) is 0.222. The molecule has 9 heteroatoms. The number of anilines is 1. The van der Waals surface area contributed by atoms with E-state index in [0.717, 1.165) is 10.9 Å². The second kappa shape index (κ2) is 9.58. The zero-order chi connectivity index (χ0) is 19.8. The third kappa shape index (κ3) is 6.63. The van der Waals surface area contributed by atoms with Crippen LogP contribution in [0.15, 0.2) is 36.4 Å². The van der Waals surface area contributed by atoms with Crippen molar-refractivity contribution < 1.29 is 28.3 Å². The molecule has 0 spiro atoms. The Morgan fingerprint density at radius 3 is 2.48 bits per heavy atom. The number of benzene rings is 1. The molecule has 0 aliphatic rings. The Bertz CT molecular complexity index is 865. The number of halogens is 1. The highest BCUT2D eigenvalue weighted by Gasteiger charge is 2.15. The van der Waals surface area contributed by atoms with Gasteiger partial charge in [0.25, 0.3) is 5.91 Å². The van der Waals surface area contributed by atoms with E-state index in [1.807, 2.05) is 18.3 Å². The van der Waals surface area contributed by atoms with Gasteiger partial charge in [-0.3, -0.25) is 19.7 Å². The molecule has 0 fully saturated rings. The molecule has 1 aromatic carbocycles. The predicted molar refractivity (Wildman–Crippen MR) is 97.1 cm³/mol. The van der Waals surface area contributed by atoms with Crippen LogP contribution in [0.3, 0.4) is 0 Å². The largest absolute Gasteiger partial charge is 0.456 e. The van der Waals surface area contributed by atoms with Crippen LogP contribution in [-0.2, 0) is 14.3 Å². The van der Waals surface area contributed by atoms with Crippen molar-refractivity contribution in [3.63, 3.8) is 0 Å². The topological polar surface area (TPSA) is 102 Å². The van der Waals surface area contributed by atoms with Crippen LogP contribution in [0.25, 0.3) is 0 Å². The van der Waals surface area contributed by atoms with E-state index >= 15 is 0 Å². The summed E-state index contributed by atoms with van der Waals surface area (Å²) in [6, 6.07) is 7.99. The van der Waals surface area contributed by atoms with Gasteiger partial charge in [-0.15, -0.1) is 11.3 Å². The van der Waals surface area contributed by atoms with E-state index < -0.39 is 30.3 Å². The summed E-state index contributed by atoms with van der Waals surface area (Å²) in [6.07, 6.45) is -0.210. The number of esters is 1. The van der Waals surface area contributed by atoms with E-state index in [4.69, 9.17) is 4.74 Å². The first-order valence-corrected chi connectivity index (χ1v) is 8.77. The Morgan fingerprint density at radius 1 is 1.07 bits per heavy atom. The van der Waals surface area contributed by atoms with Crippen molar-refractivity contribution in [1.82, 2.24) is 5.32 Å². The average molecular weight is 392 g/mol. The van der Waals surface area contributed by atoms with Crippen LogP contribution < -0.4 is 10.6 Å². The molecule has 142 valence electrons. The predicted octanol–water partition coefficient (Wildman–Crippen LogP) is 3.05. The summed E-state index contributed by atoms with van der Waals surface area (Å²) in [5.74, 6) is -2.45. The Kier molecular flexibility index (Phi) is 7.18. The summed E-state index contributed by atoms with van der Waals surface area (Å²) in [7, 11) is 0. The number of thiophene rings is 1. The van der Waals surface area contributed by atoms with Crippen LogP contribution in [-0.4, -0.2) is 30.3 Å². The second-order valence-corrected chi connectivity index (χ2v) is 6.76. The molecule has 27 heavy (non-hydrogen) atoms. The second-order valence-electron chi connectivity index (χ2n) is 5.48. The van der Waals surface area contributed by atoms with Gasteiger partial charge in [0, 0.05) is 11.3 Å². The molecule has 2 aromatic rings. The van der Waals surface area contributed by atoms with Gasteiger partial charge in [0.1, 0.15) is 5.82 Å². The normalized spacial score (nSPS) is 10.1. The van der Waals surface area contributed by atoms with Gasteiger partial charge in [0.2, 0.25) is 0 Å². The molecule has 0 aliphatic carbocycles. The molecule has 0 atom stereocenters. The number of para-hydroxylation sites is 1. The first-order chi connectivity index (χ1) is 12.8. The number of rotatable bonds is 7. The zero-order valence-electron chi connectivity index (χ0n) is 14.4. The number of Topliss-reactive ketones (excluding diaryl/α,β-unsaturated/α-hetero) is 1. The standard InChI is InChI=1S/C18H17FN2O5S/c1-11-6-8-15(27-11)14(22)7-9-17(24)26-10-16(23)21-18(25)20-13-5-3-2-4-12(13)19/h2-6,8H,7,9-10H2,1H3,(H2,20,21,23,25). The van der Waals surface area contributed by atoms with Crippen LogP contribution in [0.5, 0.6) is 0 Å². The fourth-order valence-corrected chi connectivity index (χ4v) is 2.86. The number of carbonyl (C=O) groups excluding carboxylic acids is 4. The molecule has 2 N–H and O–H groups in total. The Hall–Kier alpha value is -3.07. The lowest BCUT2D eigenvalue weighted by Gasteiger charge is -2.08. The lowest BCUT2D eigenvalue weighted by Crippen LogP contribution is -2.37. The summed E-state index contributed by atoms with van der Waals surface area (Å²) in [5, 5.41) is 4.07. The third-order valence-corrected chi connectivity index (χ3v) is 4.35. The highest BCUT2D eigenvalue weighted by molar-refractivity contribution is 7.14. The van der Waals surface area contributed by atoms with E-state index in [1.54, 1.807) is 6.07 Å². The number of hydrogen-bond acceptors (Lipinski definition) is 6. The number of hydrogen-bond donors (Lipinski definition) is 2. The number of carbonyl (C=O) groups is 4. The monoisotopic (exact) mass is 392 g/mol. The van der Waals surface area contributed by atoms with E-state index in [9.17, 15) is 23.6 Å². The van der Waals surface area contributed by atoms with Crippen molar-refractivity contribution in [2.45, 2.75) is 19.8 Å². The molecule has 3 amide bonds. The quantitative estimate of drug-likeness (QED) is 0.557. The molecule has 1 heterocycles. The van der Waals surface area contributed by atoms with Gasteiger partial charge in [-0.2, -0.15) is 0 Å². The number of ether oxygens (including phenoxy) is 1. The minimum Gasteiger partial charge on any atom is -0.456 e. The molecule has 7 nitrogen and oxygen atoms in total. The van der Waals surface area contributed by atoms with Crippen molar-refractivity contribution in [3.8, 4) is 0 Å². The molecule has 0 saturated carbocycles. The Morgan fingerprint density at radius 2 is 1.81 bits per heavy atom. The van der Waals surface area contributed by atoms with Crippen LogP contribution in [0.2, 0.25) is 0 Å². The maximum Gasteiger partial charge on any atom is 0.326 e. The van der Waals surface area contributed by atoms with Gasteiger partial charge in [-0.25, -0.2) is 9.18 Å². The van der Waals surface area contributed by atoms with Crippen LogP contribution in [0.4, 0.5) is 14.9 Å². The molecule has 0 bridgehead atoms. The minimum absolute atomic E-state index is 0.0336. The number of amides is 3. The lowest BCUT2D eigenvalue weighted by molar-refractivity contribution is -0.148. The molecule has 0 saturated heterocycles. The number of ketones is 1. The van der Waals surface area contributed by atoms with Gasteiger partial charge >= 0.3 is 12.0 Å². The molecule has 2 rings (SSSR count). The molecule has 0 radical (unpaired) electrons. The van der Waals surface area contributed by atoms with E-state index in [2.05, 4.69) is 5.32 Å². The molecule has 1 aromatic heterocycles. The van der Waals surface area contributed by atoms with Gasteiger partial charge in [0.05, 0.1) is 17.0 Å². The summed E-state index contributed by atoms with van der Waals surface area (Å²) in [4.78, 5) is 48.2. The molecule has 0 aliphatic heterocycles. The zero-order valence-corrected chi connectivity index (χ0v) is 15.2. The maximum atomic E-state index is 13.4. The average Bonchev–Trinajstić information content (AvgIpc) is 3.06. The van der Waals surface area contributed by atoms with Gasteiger partial charge < -0.3 is 10.1 Å². The van der Waals surface area contributed by atoms with Crippen molar-refractivity contribution in [3.05, 3.63) is 52.0 Å². The highest BCUT2D eigenvalue weighted by atomic mass is 32.1. The van der Waals surface area contributed by atoms with Gasteiger partial charge in [0.15, 0.2) is 12.4 Å². The van der Waals surface area contributed by atoms with Crippen LogP contribution >= 0.6 is 11.3 Å². The summed E-state index contributed by atoms with van der Waals surface area (Å²) < 4.78 is 18.1. The smallest absolute Gasteiger partial charge is 0.326 e. The summed E-state index contributed by atoms with van der Waals surface area (Å²) >= 11 is 1.34. The third-order valence-electron chi connectivity index (χ3n) is 3.31. The Balaban J connectivity index is 1.68. The van der Waals surface area contributed by atoms with Crippen molar-refractivity contribution >= 4 is 40.7 Å². The fourth-order valence-electron chi connectivity index (χ4n) is 2.02. The SMILES string of the molecule is Cc1ccc(C(=O)CCC(=O)OCC(=O)NC(=O)Nc2ccccc2F)s1. The van der Waals surface area contributed by atoms with E-state index in [0.29, 0.717) is 4.88 Å². The number of aryl methyl sites for hydroxylation is 1. The lowest BCUT2D eigenvalue weighted by atomic mass is 10.2. The molecular formula is C18H17FN2O5S. The highest BCUT2D eigenvalue weighted by Crippen LogP contribution is 2.17. The number of imide groups is 1. The van der Waals surface area contributed by atoms with E-state index in [-0.39, 0.29) is 24.3 Å². The van der Waals surface area contributed by atoms with Crippen LogP contribution in [0.1, 0.15) is 27.4 Å². The van der Waals surface area contributed by atoms with Crippen molar-refractivity contribution in [2.24, 2.45) is 0 Å². The van der Waals surface area contributed by atoms with Crippen molar-refractivity contribution in [1.29, 1.82) is 0 Å². The van der Waals surface area contributed by atoms with Gasteiger partial charge in [-0.1, -0.05) is 12.1 Å². The molecular weight excluding hydrogens is 375 g/mol. The first-order valence-electron chi connectivity index (χ1n) is 7.96. The summed E-state index contributed by atoms with van der Waals surface area (Å²) in [6.45, 7) is 1.19. The van der Waals surface area contributed by atoms with Crippen molar-refractivity contribution in [2.75, 3.05) is 11.9 Å².